The summed E-state index contributed by atoms with van der Waals surface area (Å²) >= 11 is 0. The lowest BCUT2D eigenvalue weighted by molar-refractivity contribution is -0.182. The molecule has 0 saturated heterocycles. The van der Waals surface area contributed by atoms with Gasteiger partial charge < -0.3 is 10.2 Å². The molecule has 174 valence electrons. The highest BCUT2D eigenvalue weighted by Gasteiger charge is 2.62. The number of hydrogen-bond acceptors (Lipinski definition) is 2. The fourth-order valence-corrected chi connectivity index (χ4v) is 9.33. The van der Waals surface area contributed by atoms with Gasteiger partial charge in [0.05, 0.1) is 12.2 Å². The minimum absolute atomic E-state index is 0.0415. The molecule has 0 aliphatic heterocycles. The average Bonchev–Trinajstić information content (AvgIpc) is 3.04. The van der Waals surface area contributed by atoms with E-state index in [1.165, 1.54) is 51.4 Å². The van der Waals surface area contributed by atoms with E-state index >= 15 is 0 Å². The van der Waals surface area contributed by atoms with Gasteiger partial charge >= 0.3 is 0 Å². The number of aliphatic hydroxyl groups excluding tert-OH is 2. The molecule has 0 spiro atoms. The highest BCUT2D eigenvalue weighted by atomic mass is 16.3. The van der Waals surface area contributed by atoms with E-state index < -0.39 is 0 Å². The Morgan fingerprint density at radius 2 is 1.57 bits per heavy atom. The van der Waals surface area contributed by atoms with E-state index in [0.717, 1.165) is 41.9 Å². The first-order chi connectivity index (χ1) is 14.1. The Morgan fingerprint density at radius 1 is 0.833 bits per heavy atom. The van der Waals surface area contributed by atoms with Crippen molar-refractivity contribution in [1.29, 1.82) is 0 Å². The van der Waals surface area contributed by atoms with E-state index in [0.29, 0.717) is 23.7 Å². The summed E-state index contributed by atoms with van der Waals surface area (Å²) in [6.45, 7) is 14.8. The summed E-state index contributed by atoms with van der Waals surface area (Å²) in [6, 6.07) is 0. The molecule has 2 nitrogen and oxygen atoms in total. The SMILES string of the molecule is CC(C)[C@@H](C)CC[C@@H](C)[C@H]1CC[C@H]2C3CCC4C[C@@H](O)C[C@H](O)[C@]4(C)[C@H]3CC[C@]12C. The standard InChI is InChI=1S/C28H50O2/c1-17(2)18(3)7-8-19(4)23-11-12-24-22-10-9-20-15-21(29)16-26(30)28(20,6)25(22)13-14-27(23,24)5/h17-26,29-30H,7-16H2,1-6H3/t18-,19+,20?,21+,22?,23+,24-,25-,26-,27+,28-/m0/s1. The van der Waals surface area contributed by atoms with Crippen LogP contribution in [0.4, 0.5) is 0 Å². The van der Waals surface area contributed by atoms with Gasteiger partial charge in [-0.15, -0.1) is 0 Å². The van der Waals surface area contributed by atoms with Crippen LogP contribution in [0.15, 0.2) is 0 Å². The average molecular weight is 419 g/mol. The second-order valence-corrected chi connectivity index (χ2v) is 13.2. The zero-order valence-electron chi connectivity index (χ0n) is 20.7. The molecule has 4 saturated carbocycles. The van der Waals surface area contributed by atoms with Crippen molar-refractivity contribution in [2.75, 3.05) is 0 Å². The summed E-state index contributed by atoms with van der Waals surface area (Å²) in [5, 5.41) is 21.4. The summed E-state index contributed by atoms with van der Waals surface area (Å²) in [5.74, 6) is 6.25. The summed E-state index contributed by atoms with van der Waals surface area (Å²) in [6.07, 6.45) is 11.8. The zero-order valence-corrected chi connectivity index (χ0v) is 20.7. The third-order valence-electron chi connectivity index (χ3n) is 11.7. The molecular weight excluding hydrogens is 368 g/mol. The molecule has 11 atom stereocenters. The second-order valence-electron chi connectivity index (χ2n) is 13.2. The first kappa shape index (κ1) is 23.1. The summed E-state index contributed by atoms with van der Waals surface area (Å²) < 4.78 is 0. The van der Waals surface area contributed by atoms with Crippen LogP contribution in [0.3, 0.4) is 0 Å². The highest BCUT2D eigenvalue weighted by molar-refractivity contribution is 5.11. The van der Waals surface area contributed by atoms with Crippen molar-refractivity contribution in [3.63, 3.8) is 0 Å². The van der Waals surface area contributed by atoms with Gasteiger partial charge in [-0.2, -0.15) is 0 Å². The largest absolute Gasteiger partial charge is 0.393 e. The van der Waals surface area contributed by atoms with Crippen molar-refractivity contribution in [2.45, 2.75) is 118 Å². The van der Waals surface area contributed by atoms with Crippen LogP contribution < -0.4 is 0 Å². The van der Waals surface area contributed by atoms with Crippen molar-refractivity contribution < 1.29 is 10.2 Å². The Bertz CT molecular complexity index is 601. The van der Waals surface area contributed by atoms with Crippen LogP contribution in [0, 0.1) is 58.2 Å². The van der Waals surface area contributed by atoms with Crippen LogP contribution in [0.5, 0.6) is 0 Å². The van der Waals surface area contributed by atoms with Gasteiger partial charge in [0.2, 0.25) is 0 Å². The van der Waals surface area contributed by atoms with Crippen LogP contribution in [0.1, 0.15) is 106 Å². The maximum atomic E-state index is 11.1. The maximum absolute atomic E-state index is 11.1. The predicted molar refractivity (Wildman–Crippen MR) is 125 cm³/mol. The van der Waals surface area contributed by atoms with Gasteiger partial charge in [0, 0.05) is 0 Å². The molecule has 0 aromatic rings. The quantitative estimate of drug-likeness (QED) is 0.522. The minimum Gasteiger partial charge on any atom is -0.393 e. The minimum atomic E-state index is -0.308. The van der Waals surface area contributed by atoms with Gasteiger partial charge in [-0.3, -0.25) is 0 Å². The van der Waals surface area contributed by atoms with E-state index in [2.05, 4.69) is 41.5 Å². The Labute approximate surface area is 186 Å². The van der Waals surface area contributed by atoms with E-state index in [4.69, 9.17) is 0 Å². The van der Waals surface area contributed by atoms with Gasteiger partial charge in [0.1, 0.15) is 0 Å². The van der Waals surface area contributed by atoms with Crippen molar-refractivity contribution >= 4 is 0 Å². The lowest BCUT2D eigenvalue weighted by atomic mass is 9.43. The Hall–Kier alpha value is -0.0800. The fourth-order valence-electron chi connectivity index (χ4n) is 9.33. The van der Waals surface area contributed by atoms with Crippen LogP contribution in [-0.2, 0) is 0 Å². The third-order valence-corrected chi connectivity index (χ3v) is 11.7. The Balaban J connectivity index is 1.48. The maximum Gasteiger partial charge on any atom is 0.0623 e. The molecule has 4 aliphatic carbocycles. The van der Waals surface area contributed by atoms with Crippen LogP contribution >= 0.6 is 0 Å². The molecule has 0 radical (unpaired) electrons. The van der Waals surface area contributed by atoms with E-state index in [1.54, 1.807) is 0 Å². The molecule has 0 aromatic carbocycles. The third kappa shape index (κ3) is 3.60. The van der Waals surface area contributed by atoms with Gasteiger partial charge in [-0.25, -0.2) is 0 Å². The monoisotopic (exact) mass is 418 g/mol. The first-order valence-corrected chi connectivity index (χ1v) is 13.4. The lowest BCUT2D eigenvalue weighted by Gasteiger charge is -2.62. The van der Waals surface area contributed by atoms with Crippen molar-refractivity contribution in [2.24, 2.45) is 58.2 Å². The molecular formula is C28H50O2. The molecule has 2 N–H and O–H groups in total. The summed E-state index contributed by atoms with van der Waals surface area (Å²) in [7, 11) is 0. The number of hydrogen-bond donors (Lipinski definition) is 2. The van der Waals surface area contributed by atoms with Crippen LogP contribution in [0.2, 0.25) is 0 Å². The fraction of sp³-hybridized carbons (Fsp3) is 1.00. The predicted octanol–water partition coefficient (Wildman–Crippen LogP) is 6.69. The highest BCUT2D eigenvalue weighted by Crippen LogP contribution is 2.68. The molecule has 0 aromatic heterocycles. The van der Waals surface area contributed by atoms with Gasteiger partial charge in [0.25, 0.3) is 0 Å². The number of rotatable bonds is 5. The normalized spacial score (nSPS) is 50.5. The second kappa shape index (κ2) is 8.36. The lowest BCUT2D eigenvalue weighted by Crippen LogP contribution is -2.59. The number of aliphatic hydroxyl groups is 2. The molecule has 4 rings (SSSR count). The molecule has 30 heavy (non-hydrogen) atoms. The smallest absolute Gasteiger partial charge is 0.0623 e. The van der Waals surface area contributed by atoms with E-state index in [1.807, 2.05) is 0 Å². The molecule has 0 heterocycles. The van der Waals surface area contributed by atoms with Crippen molar-refractivity contribution in [3.05, 3.63) is 0 Å². The van der Waals surface area contributed by atoms with Gasteiger partial charge in [0.15, 0.2) is 0 Å². The zero-order chi connectivity index (χ0) is 21.8. The molecule has 0 amide bonds. The van der Waals surface area contributed by atoms with Crippen molar-refractivity contribution in [3.8, 4) is 0 Å². The van der Waals surface area contributed by atoms with E-state index in [-0.39, 0.29) is 17.6 Å². The number of fused-ring (bicyclic) bond motifs is 5. The topological polar surface area (TPSA) is 40.5 Å². The molecule has 4 fully saturated rings. The molecule has 2 unspecified atom stereocenters. The van der Waals surface area contributed by atoms with E-state index in [9.17, 15) is 10.2 Å². The van der Waals surface area contributed by atoms with Crippen molar-refractivity contribution in [1.82, 2.24) is 0 Å². The summed E-state index contributed by atoms with van der Waals surface area (Å²) in [5.41, 5.74) is 0.559. The first-order valence-electron chi connectivity index (χ1n) is 13.4. The Morgan fingerprint density at radius 3 is 2.27 bits per heavy atom. The van der Waals surface area contributed by atoms with Gasteiger partial charge in [-0.05, 0) is 110 Å². The molecule has 0 bridgehead atoms. The summed E-state index contributed by atoms with van der Waals surface area (Å²) in [4.78, 5) is 0. The molecule has 2 heteroatoms. The Kier molecular flexibility index (Phi) is 6.44. The van der Waals surface area contributed by atoms with Crippen LogP contribution in [0.25, 0.3) is 0 Å². The van der Waals surface area contributed by atoms with Crippen LogP contribution in [-0.4, -0.2) is 22.4 Å². The van der Waals surface area contributed by atoms with Gasteiger partial charge in [-0.1, -0.05) is 54.4 Å². The molecule has 4 aliphatic rings.